The van der Waals surface area contributed by atoms with Gasteiger partial charge in [-0.15, -0.1) is 10.2 Å². The number of carbonyl (C=O) groups is 1. The molecule has 0 fully saturated rings. The molecular formula is C18H17ClN4O3. The molecule has 7 nitrogen and oxygen atoms in total. The highest BCUT2D eigenvalue weighted by Gasteiger charge is 2.12. The van der Waals surface area contributed by atoms with Crippen LogP contribution in [0, 0.1) is 5.92 Å². The molecular weight excluding hydrogens is 356 g/mol. The molecule has 1 heterocycles. The summed E-state index contributed by atoms with van der Waals surface area (Å²) in [5.41, 5.74) is 0.797. The Morgan fingerprint density at radius 3 is 2.38 bits per heavy atom. The number of aromatic nitrogens is 4. The molecule has 0 saturated heterocycles. The lowest BCUT2D eigenvalue weighted by molar-refractivity contribution is -0.138. The van der Waals surface area contributed by atoms with E-state index in [4.69, 9.17) is 21.4 Å². The summed E-state index contributed by atoms with van der Waals surface area (Å²) in [6, 6.07) is 14.4. The number of ether oxygens (including phenoxy) is 1. The van der Waals surface area contributed by atoms with Gasteiger partial charge < -0.3 is 9.84 Å². The van der Waals surface area contributed by atoms with Crippen LogP contribution in [0.4, 0.5) is 0 Å². The minimum absolute atomic E-state index is 0.0631. The van der Waals surface area contributed by atoms with Crippen molar-refractivity contribution >= 4 is 17.6 Å². The minimum Gasteiger partial charge on any atom is -0.481 e. The lowest BCUT2D eigenvalue weighted by Gasteiger charge is -2.06. The van der Waals surface area contributed by atoms with Gasteiger partial charge in [-0.25, -0.2) is 0 Å². The number of carboxylic acid groups (broad SMARTS) is 1. The zero-order valence-electron chi connectivity index (χ0n) is 14.0. The molecule has 0 radical (unpaired) electrons. The first-order chi connectivity index (χ1) is 12.5. The van der Waals surface area contributed by atoms with Gasteiger partial charge in [0.25, 0.3) is 0 Å². The Hall–Kier alpha value is -2.93. The van der Waals surface area contributed by atoms with Crippen LogP contribution < -0.4 is 4.74 Å². The Bertz CT molecular complexity index is 878. The zero-order valence-corrected chi connectivity index (χ0v) is 14.8. The van der Waals surface area contributed by atoms with Crippen LogP contribution in [0.2, 0.25) is 5.02 Å². The number of benzene rings is 2. The Morgan fingerprint density at radius 1 is 1.15 bits per heavy atom. The monoisotopic (exact) mass is 372 g/mol. The molecule has 0 spiro atoms. The SMILES string of the molecule is C[C@@H](CC(=O)O)Cn1nnc(-c2ccc(Oc3ccc(Cl)cc3)cc2)n1. The molecule has 1 N–H and O–H groups in total. The van der Waals surface area contributed by atoms with Crippen molar-refractivity contribution in [1.82, 2.24) is 20.2 Å². The van der Waals surface area contributed by atoms with Gasteiger partial charge in [-0.2, -0.15) is 4.80 Å². The van der Waals surface area contributed by atoms with Crippen LogP contribution >= 0.6 is 11.6 Å². The van der Waals surface area contributed by atoms with E-state index in [0.717, 1.165) is 5.56 Å². The molecule has 0 aliphatic carbocycles. The standard InChI is InChI=1S/C18H17ClN4O3/c1-12(10-17(24)25)11-23-21-18(20-22-23)13-2-6-15(7-3-13)26-16-8-4-14(19)5-9-16/h2-9,12H,10-11H2,1H3,(H,24,25)/t12-/m0/s1. The van der Waals surface area contributed by atoms with E-state index < -0.39 is 5.97 Å². The maximum atomic E-state index is 10.7. The summed E-state index contributed by atoms with van der Waals surface area (Å²) in [5, 5.41) is 21.8. The number of aliphatic carboxylic acids is 1. The lowest BCUT2D eigenvalue weighted by atomic mass is 10.1. The van der Waals surface area contributed by atoms with Gasteiger partial charge in [-0.1, -0.05) is 18.5 Å². The van der Waals surface area contributed by atoms with Crippen molar-refractivity contribution in [3.63, 3.8) is 0 Å². The second kappa shape index (κ2) is 7.97. The van der Waals surface area contributed by atoms with Crippen LogP contribution in [-0.2, 0) is 11.3 Å². The number of hydrogen-bond acceptors (Lipinski definition) is 5. The highest BCUT2D eigenvalue weighted by Crippen LogP contribution is 2.25. The lowest BCUT2D eigenvalue weighted by Crippen LogP contribution is -2.14. The molecule has 3 rings (SSSR count). The molecule has 1 atom stereocenters. The molecule has 0 aliphatic heterocycles. The van der Waals surface area contributed by atoms with Crippen LogP contribution in [0.5, 0.6) is 11.5 Å². The molecule has 1 aromatic heterocycles. The average molecular weight is 373 g/mol. The maximum absolute atomic E-state index is 10.7. The Morgan fingerprint density at radius 2 is 1.77 bits per heavy atom. The summed E-state index contributed by atoms with van der Waals surface area (Å²) >= 11 is 5.85. The van der Waals surface area contributed by atoms with Crippen LogP contribution in [0.3, 0.4) is 0 Å². The van der Waals surface area contributed by atoms with Crippen LogP contribution in [-0.4, -0.2) is 31.3 Å². The highest BCUT2D eigenvalue weighted by molar-refractivity contribution is 6.30. The Labute approximate surface area is 155 Å². The smallest absolute Gasteiger partial charge is 0.303 e. The molecule has 0 amide bonds. The third kappa shape index (κ3) is 4.80. The third-order valence-electron chi connectivity index (χ3n) is 3.61. The van der Waals surface area contributed by atoms with E-state index in [0.29, 0.717) is 28.9 Å². The molecule has 0 unspecified atom stereocenters. The predicted octanol–water partition coefficient (Wildman–Crippen LogP) is 3.90. The van der Waals surface area contributed by atoms with Crippen molar-refractivity contribution in [3.05, 3.63) is 53.6 Å². The normalized spacial score (nSPS) is 11.9. The Balaban J connectivity index is 1.65. The fourth-order valence-corrected chi connectivity index (χ4v) is 2.51. The van der Waals surface area contributed by atoms with E-state index in [1.807, 2.05) is 31.2 Å². The topological polar surface area (TPSA) is 90.1 Å². The van der Waals surface area contributed by atoms with Gasteiger partial charge in [-0.05, 0) is 59.7 Å². The molecule has 8 heteroatoms. The summed E-state index contributed by atoms with van der Waals surface area (Å²) in [6.45, 7) is 2.23. The molecule has 0 saturated carbocycles. The second-order valence-electron chi connectivity index (χ2n) is 5.95. The highest BCUT2D eigenvalue weighted by atomic mass is 35.5. The number of hydrogen-bond donors (Lipinski definition) is 1. The van der Waals surface area contributed by atoms with Gasteiger partial charge in [0, 0.05) is 17.0 Å². The van der Waals surface area contributed by atoms with E-state index in [2.05, 4.69) is 15.4 Å². The molecule has 3 aromatic rings. The van der Waals surface area contributed by atoms with Crippen molar-refractivity contribution in [2.45, 2.75) is 19.9 Å². The summed E-state index contributed by atoms with van der Waals surface area (Å²) < 4.78 is 5.74. The van der Waals surface area contributed by atoms with Crippen molar-refractivity contribution in [2.24, 2.45) is 5.92 Å². The fourth-order valence-electron chi connectivity index (χ4n) is 2.39. The first-order valence-corrected chi connectivity index (χ1v) is 8.41. The van der Waals surface area contributed by atoms with Crippen molar-refractivity contribution in [2.75, 3.05) is 0 Å². The van der Waals surface area contributed by atoms with Crippen molar-refractivity contribution in [3.8, 4) is 22.9 Å². The van der Waals surface area contributed by atoms with E-state index in [9.17, 15) is 4.79 Å². The summed E-state index contributed by atoms with van der Waals surface area (Å²) in [6.07, 6.45) is 0.0631. The fraction of sp³-hybridized carbons (Fsp3) is 0.222. The van der Waals surface area contributed by atoms with E-state index >= 15 is 0 Å². The number of halogens is 1. The first-order valence-electron chi connectivity index (χ1n) is 8.03. The molecule has 134 valence electrons. The van der Waals surface area contributed by atoms with Gasteiger partial charge >= 0.3 is 5.97 Å². The van der Waals surface area contributed by atoms with Crippen molar-refractivity contribution < 1.29 is 14.6 Å². The number of rotatable bonds is 7. The third-order valence-corrected chi connectivity index (χ3v) is 3.86. The van der Waals surface area contributed by atoms with Crippen LogP contribution in [0.25, 0.3) is 11.4 Å². The van der Waals surface area contributed by atoms with E-state index in [1.54, 1.807) is 24.3 Å². The van der Waals surface area contributed by atoms with Crippen molar-refractivity contribution in [1.29, 1.82) is 0 Å². The number of tetrazole rings is 1. The largest absolute Gasteiger partial charge is 0.481 e. The molecule has 2 aromatic carbocycles. The van der Waals surface area contributed by atoms with Gasteiger partial charge in [0.15, 0.2) is 0 Å². The summed E-state index contributed by atoms with van der Waals surface area (Å²) in [7, 11) is 0. The quantitative estimate of drug-likeness (QED) is 0.676. The predicted molar refractivity (Wildman–Crippen MR) is 96.2 cm³/mol. The van der Waals surface area contributed by atoms with Gasteiger partial charge in [0.1, 0.15) is 11.5 Å². The van der Waals surface area contributed by atoms with Gasteiger partial charge in [0.2, 0.25) is 5.82 Å². The van der Waals surface area contributed by atoms with Crippen LogP contribution in [0.1, 0.15) is 13.3 Å². The van der Waals surface area contributed by atoms with E-state index in [1.165, 1.54) is 4.80 Å². The molecule has 0 bridgehead atoms. The maximum Gasteiger partial charge on any atom is 0.303 e. The summed E-state index contributed by atoms with van der Waals surface area (Å²) in [5.74, 6) is 0.932. The Kier molecular flexibility index (Phi) is 5.48. The zero-order chi connectivity index (χ0) is 18.5. The van der Waals surface area contributed by atoms with E-state index in [-0.39, 0.29) is 12.3 Å². The average Bonchev–Trinajstić information content (AvgIpc) is 3.05. The number of nitrogens with zero attached hydrogens (tertiary/aromatic N) is 4. The van der Waals surface area contributed by atoms with Gasteiger partial charge in [0.05, 0.1) is 6.54 Å². The van der Waals surface area contributed by atoms with Gasteiger partial charge in [-0.3, -0.25) is 4.79 Å². The second-order valence-corrected chi connectivity index (χ2v) is 6.39. The minimum atomic E-state index is -0.839. The first kappa shape index (κ1) is 17.9. The molecule has 0 aliphatic rings. The number of carboxylic acids is 1. The summed E-state index contributed by atoms with van der Waals surface area (Å²) in [4.78, 5) is 12.1. The molecule has 26 heavy (non-hydrogen) atoms. The van der Waals surface area contributed by atoms with Crippen LogP contribution in [0.15, 0.2) is 48.5 Å².